The first-order valence-corrected chi connectivity index (χ1v) is 9.29. The fourth-order valence-corrected chi connectivity index (χ4v) is 3.04. The van der Waals surface area contributed by atoms with Gasteiger partial charge in [-0.15, -0.1) is 0 Å². The molecule has 2 aliphatic rings. The first-order valence-electron chi connectivity index (χ1n) is 8.91. The molecule has 2 aliphatic heterocycles. The number of alkyl halides is 1. The Kier molecular flexibility index (Phi) is 6.33. The second-order valence-electron chi connectivity index (χ2n) is 6.66. The van der Waals surface area contributed by atoms with Crippen molar-refractivity contribution in [2.45, 2.75) is 44.9 Å². The second kappa shape index (κ2) is 8.71. The molecule has 3 rings (SSSR count). The summed E-state index contributed by atoms with van der Waals surface area (Å²) in [7, 11) is 0. The Labute approximate surface area is 162 Å². The maximum Gasteiger partial charge on any atom is 0.232 e. The van der Waals surface area contributed by atoms with E-state index in [1.165, 1.54) is 6.20 Å². The van der Waals surface area contributed by atoms with Crippen molar-refractivity contribution >= 4 is 29.3 Å². The SMILES string of the molecule is C/C(NC1CCOCC1F)=C1\Nc2ncc(Cl)c(n2)NC(C)CCOC1=N. The van der Waals surface area contributed by atoms with Gasteiger partial charge >= 0.3 is 0 Å². The summed E-state index contributed by atoms with van der Waals surface area (Å²) in [5.74, 6) is 0.717. The summed E-state index contributed by atoms with van der Waals surface area (Å²) in [6.07, 6.45) is 1.58. The standard InChI is InChI=1S/C17H24ClFN6O2/c1-9-3-6-27-15(20)14(10(2)23-13-4-5-26-8-12(13)19)24-17-21-7-11(18)16(22-9)25-17/h7,9,12-13,20,23H,3-6,8H2,1-2H3,(H2,21,22,24,25)/b14-10+,20-15?. The van der Waals surface area contributed by atoms with E-state index < -0.39 is 6.17 Å². The Morgan fingerprint density at radius 3 is 3.00 bits per heavy atom. The van der Waals surface area contributed by atoms with Crippen LogP contribution < -0.4 is 16.0 Å². The van der Waals surface area contributed by atoms with E-state index in [-0.39, 0.29) is 30.5 Å². The first kappa shape index (κ1) is 19.6. The molecule has 0 spiro atoms. The van der Waals surface area contributed by atoms with E-state index in [2.05, 4.69) is 25.9 Å². The number of halogens is 2. The Balaban J connectivity index is 1.88. The zero-order valence-electron chi connectivity index (χ0n) is 15.3. The predicted octanol–water partition coefficient (Wildman–Crippen LogP) is 2.69. The van der Waals surface area contributed by atoms with Crippen molar-refractivity contribution in [1.29, 1.82) is 5.41 Å². The van der Waals surface area contributed by atoms with Gasteiger partial charge < -0.3 is 25.4 Å². The molecule has 0 amide bonds. The Bertz CT molecular complexity index is 731. The number of nitrogens with zero attached hydrogens (tertiary/aromatic N) is 2. The van der Waals surface area contributed by atoms with Gasteiger partial charge in [0.25, 0.3) is 0 Å². The number of fused-ring (bicyclic) bond motifs is 2. The van der Waals surface area contributed by atoms with Crippen molar-refractivity contribution in [2.24, 2.45) is 0 Å². The normalized spacial score (nSPS) is 28.1. The topological polar surface area (TPSA) is 104 Å². The molecule has 0 aromatic carbocycles. The largest absolute Gasteiger partial charge is 0.476 e. The minimum atomic E-state index is -1.12. The minimum absolute atomic E-state index is 0.0531. The van der Waals surface area contributed by atoms with E-state index in [9.17, 15) is 4.39 Å². The average molecular weight is 399 g/mol. The van der Waals surface area contributed by atoms with Gasteiger partial charge in [0, 0.05) is 24.8 Å². The van der Waals surface area contributed by atoms with Crippen LogP contribution >= 0.6 is 11.6 Å². The molecule has 1 fully saturated rings. The van der Waals surface area contributed by atoms with Gasteiger partial charge in [0.1, 0.15) is 16.9 Å². The molecule has 4 N–H and O–H groups in total. The quantitative estimate of drug-likeness (QED) is 0.607. The summed E-state index contributed by atoms with van der Waals surface area (Å²) in [5, 5.41) is 18.1. The molecule has 1 aromatic heterocycles. The highest BCUT2D eigenvalue weighted by Gasteiger charge is 2.26. The molecule has 148 valence electrons. The van der Waals surface area contributed by atoms with Gasteiger partial charge in [-0.3, -0.25) is 5.41 Å². The van der Waals surface area contributed by atoms with Gasteiger partial charge in [-0.1, -0.05) is 11.6 Å². The molecule has 8 nitrogen and oxygen atoms in total. The smallest absolute Gasteiger partial charge is 0.232 e. The summed E-state index contributed by atoms with van der Waals surface area (Å²) in [6.45, 7) is 4.64. The summed E-state index contributed by atoms with van der Waals surface area (Å²) in [5.41, 5.74) is 0.937. The highest BCUT2D eigenvalue weighted by molar-refractivity contribution is 6.32. The maximum absolute atomic E-state index is 14.1. The van der Waals surface area contributed by atoms with E-state index in [0.29, 0.717) is 48.3 Å². The highest BCUT2D eigenvalue weighted by atomic mass is 35.5. The average Bonchev–Trinajstić information content (AvgIpc) is 2.65. The zero-order chi connectivity index (χ0) is 19.4. The molecule has 1 aromatic rings. The highest BCUT2D eigenvalue weighted by Crippen LogP contribution is 2.23. The summed E-state index contributed by atoms with van der Waals surface area (Å²) in [4.78, 5) is 8.55. The van der Waals surface area contributed by atoms with Gasteiger partial charge in [0.15, 0.2) is 5.82 Å². The maximum atomic E-state index is 14.1. The zero-order valence-corrected chi connectivity index (χ0v) is 16.1. The van der Waals surface area contributed by atoms with Crippen LogP contribution in [-0.4, -0.2) is 53.9 Å². The van der Waals surface area contributed by atoms with Crippen molar-refractivity contribution in [1.82, 2.24) is 15.3 Å². The molecular formula is C17H24ClFN6O2. The molecule has 2 bridgehead atoms. The summed E-state index contributed by atoms with van der Waals surface area (Å²) in [6, 6.07) is -0.334. The molecule has 0 aliphatic carbocycles. The molecule has 0 radical (unpaired) electrons. The van der Waals surface area contributed by atoms with Gasteiger partial charge in [-0.2, -0.15) is 4.98 Å². The third kappa shape index (κ3) is 4.98. The number of anilines is 2. The summed E-state index contributed by atoms with van der Waals surface area (Å²) < 4.78 is 24.8. The molecule has 3 heterocycles. The van der Waals surface area contributed by atoms with E-state index in [4.69, 9.17) is 26.5 Å². The van der Waals surface area contributed by atoms with Crippen molar-refractivity contribution in [3.63, 3.8) is 0 Å². The lowest BCUT2D eigenvalue weighted by molar-refractivity contribution is 0.0165. The van der Waals surface area contributed by atoms with Gasteiger partial charge in [-0.25, -0.2) is 9.37 Å². The summed E-state index contributed by atoms with van der Waals surface area (Å²) >= 11 is 6.16. The minimum Gasteiger partial charge on any atom is -0.476 e. The molecular weight excluding hydrogens is 375 g/mol. The second-order valence-corrected chi connectivity index (χ2v) is 7.06. The molecule has 27 heavy (non-hydrogen) atoms. The fourth-order valence-electron chi connectivity index (χ4n) is 2.89. The van der Waals surface area contributed by atoms with Crippen LogP contribution in [0.2, 0.25) is 5.02 Å². The third-order valence-electron chi connectivity index (χ3n) is 4.45. The number of aromatic nitrogens is 2. The van der Waals surface area contributed by atoms with Crippen molar-refractivity contribution in [3.8, 4) is 0 Å². The molecule has 3 unspecified atom stereocenters. The molecule has 0 saturated carbocycles. The van der Waals surface area contributed by atoms with Crippen LogP contribution in [0.4, 0.5) is 16.2 Å². The van der Waals surface area contributed by atoms with E-state index in [0.717, 1.165) is 0 Å². The fraction of sp³-hybridized carbons (Fsp3) is 0.588. The predicted molar refractivity (Wildman–Crippen MR) is 102 cm³/mol. The number of hydrogen-bond acceptors (Lipinski definition) is 8. The van der Waals surface area contributed by atoms with E-state index in [1.54, 1.807) is 6.92 Å². The van der Waals surface area contributed by atoms with Crippen LogP contribution in [0.25, 0.3) is 0 Å². The van der Waals surface area contributed by atoms with Crippen LogP contribution in [0.3, 0.4) is 0 Å². The van der Waals surface area contributed by atoms with Crippen molar-refractivity contribution < 1.29 is 13.9 Å². The van der Waals surface area contributed by atoms with E-state index in [1.807, 2.05) is 6.92 Å². The Hall–Kier alpha value is -2.13. The Morgan fingerprint density at radius 1 is 1.41 bits per heavy atom. The van der Waals surface area contributed by atoms with Crippen molar-refractivity contribution in [3.05, 3.63) is 22.6 Å². The van der Waals surface area contributed by atoms with E-state index >= 15 is 0 Å². The monoisotopic (exact) mass is 398 g/mol. The van der Waals surface area contributed by atoms with Crippen LogP contribution in [0.5, 0.6) is 0 Å². The number of allylic oxidation sites excluding steroid dienone is 1. The number of hydrogen-bond donors (Lipinski definition) is 4. The molecule has 1 saturated heterocycles. The number of rotatable bonds is 2. The third-order valence-corrected chi connectivity index (χ3v) is 4.73. The number of ether oxygens (including phenoxy) is 2. The lowest BCUT2D eigenvalue weighted by Crippen LogP contribution is -2.44. The van der Waals surface area contributed by atoms with Gasteiger partial charge in [0.2, 0.25) is 11.8 Å². The van der Waals surface area contributed by atoms with Crippen molar-refractivity contribution in [2.75, 3.05) is 30.5 Å². The van der Waals surface area contributed by atoms with Gasteiger partial charge in [0.05, 0.1) is 25.5 Å². The van der Waals surface area contributed by atoms with Crippen LogP contribution in [0.1, 0.15) is 26.7 Å². The van der Waals surface area contributed by atoms with Crippen LogP contribution in [-0.2, 0) is 9.47 Å². The van der Waals surface area contributed by atoms with Crippen LogP contribution in [0, 0.1) is 5.41 Å². The lowest BCUT2D eigenvalue weighted by Gasteiger charge is -2.29. The van der Waals surface area contributed by atoms with Crippen LogP contribution in [0.15, 0.2) is 17.6 Å². The molecule has 10 heteroatoms. The van der Waals surface area contributed by atoms with Gasteiger partial charge in [-0.05, 0) is 20.3 Å². The molecule has 3 atom stereocenters. The first-order chi connectivity index (χ1) is 12.9. The Morgan fingerprint density at radius 2 is 2.22 bits per heavy atom. The number of nitrogens with one attached hydrogen (secondary N) is 4. The lowest BCUT2D eigenvalue weighted by atomic mass is 10.1.